The second-order valence-electron chi connectivity index (χ2n) is 4.20. The Labute approximate surface area is 108 Å². The van der Waals surface area contributed by atoms with E-state index in [9.17, 15) is 9.59 Å². The van der Waals surface area contributed by atoms with Crippen molar-refractivity contribution in [3.05, 3.63) is 0 Å². The fraction of sp³-hybridized carbons (Fsp3) is 0.833. The Balaban J connectivity index is 4.32. The maximum Gasteiger partial charge on any atom is 0.305 e. The summed E-state index contributed by atoms with van der Waals surface area (Å²) in [5.74, 6) is 0.0551. The quantitative estimate of drug-likeness (QED) is 0.625. The Morgan fingerprint density at radius 2 is 1.88 bits per heavy atom. The molecule has 2 N–H and O–H groups in total. The van der Waals surface area contributed by atoms with Gasteiger partial charge in [0.2, 0.25) is 5.91 Å². The predicted octanol–water partition coefficient (Wildman–Crippen LogP) is 2.28. The van der Waals surface area contributed by atoms with Crippen LogP contribution in [-0.4, -0.2) is 34.5 Å². The van der Waals surface area contributed by atoms with Crippen LogP contribution in [0.3, 0.4) is 0 Å². The average Bonchev–Trinajstić information content (AvgIpc) is 2.27. The monoisotopic (exact) mass is 261 g/mol. The molecule has 0 aromatic rings. The molecule has 5 heteroatoms. The van der Waals surface area contributed by atoms with Crippen LogP contribution >= 0.6 is 11.8 Å². The van der Waals surface area contributed by atoms with Gasteiger partial charge in [0.15, 0.2) is 0 Å². The van der Waals surface area contributed by atoms with Crippen molar-refractivity contribution in [2.45, 2.75) is 51.5 Å². The third kappa shape index (κ3) is 6.56. The van der Waals surface area contributed by atoms with Crippen LogP contribution < -0.4 is 5.32 Å². The molecule has 0 saturated heterocycles. The summed E-state index contributed by atoms with van der Waals surface area (Å²) in [6, 6.07) is 0. The summed E-state index contributed by atoms with van der Waals surface area (Å²) < 4.78 is 0. The van der Waals surface area contributed by atoms with Gasteiger partial charge in [0.1, 0.15) is 0 Å². The van der Waals surface area contributed by atoms with Crippen molar-refractivity contribution < 1.29 is 14.7 Å². The van der Waals surface area contributed by atoms with Gasteiger partial charge in [-0.15, -0.1) is 0 Å². The van der Waals surface area contributed by atoms with Crippen LogP contribution in [-0.2, 0) is 9.59 Å². The first-order valence-electron chi connectivity index (χ1n) is 6.01. The van der Waals surface area contributed by atoms with Crippen LogP contribution in [0.5, 0.6) is 0 Å². The van der Waals surface area contributed by atoms with E-state index in [0.29, 0.717) is 19.3 Å². The van der Waals surface area contributed by atoms with Crippen LogP contribution in [0, 0.1) is 0 Å². The van der Waals surface area contributed by atoms with Crippen LogP contribution in [0.1, 0.15) is 46.0 Å². The molecule has 0 radical (unpaired) electrons. The van der Waals surface area contributed by atoms with E-state index >= 15 is 0 Å². The third-order valence-corrected chi connectivity index (χ3v) is 3.70. The first kappa shape index (κ1) is 16.3. The Morgan fingerprint density at radius 1 is 1.29 bits per heavy atom. The first-order valence-corrected chi connectivity index (χ1v) is 7.40. The standard InChI is InChI=1S/C12H23NO3S/c1-4-12(5-2,9-11(15)16)13-10(14)7-6-8-17-3/h4-9H2,1-3H3,(H,13,14)(H,15,16). The van der Waals surface area contributed by atoms with Gasteiger partial charge in [0, 0.05) is 12.0 Å². The normalized spacial score (nSPS) is 11.2. The summed E-state index contributed by atoms with van der Waals surface area (Å²) in [4.78, 5) is 22.5. The third-order valence-electron chi connectivity index (χ3n) is 3.00. The zero-order valence-electron chi connectivity index (χ0n) is 10.9. The lowest BCUT2D eigenvalue weighted by Crippen LogP contribution is -2.49. The Morgan fingerprint density at radius 3 is 2.29 bits per heavy atom. The van der Waals surface area contributed by atoms with E-state index in [-0.39, 0.29) is 12.3 Å². The number of carbonyl (C=O) groups excluding carboxylic acids is 1. The second-order valence-corrected chi connectivity index (χ2v) is 5.19. The molecule has 0 unspecified atom stereocenters. The highest BCUT2D eigenvalue weighted by atomic mass is 32.2. The summed E-state index contributed by atoms with van der Waals surface area (Å²) in [5, 5.41) is 11.8. The summed E-state index contributed by atoms with van der Waals surface area (Å²) in [5.41, 5.74) is -0.581. The first-order chi connectivity index (χ1) is 7.99. The van der Waals surface area contributed by atoms with Gasteiger partial charge >= 0.3 is 5.97 Å². The number of hydrogen-bond donors (Lipinski definition) is 2. The Kier molecular flexibility index (Phi) is 8.04. The molecule has 0 aliphatic rings. The number of hydrogen-bond acceptors (Lipinski definition) is 3. The Bertz CT molecular complexity index is 252. The van der Waals surface area contributed by atoms with Gasteiger partial charge in [0.25, 0.3) is 0 Å². The Hall–Kier alpha value is -0.710. The van der Waals surface area contributed by atoms with Gasteiger partial charge in [-0.25, -0.2) is 0 Å². The fourth-order valence-electron chi connectivity index (χ4n) is 1.75. The number of carboxylic acid groups (broad SMARTS) is 1. The highest BCUT2D eigenvalue weighted by Crippen LogP contribution is 2.20. The molecule has 0 bridgehead atoms. The molecule has 0 heterocycles. The van der Waals surface area contributed by atoms with Crippen LogP contribution in [0.25, 0.3) is 0 Å². The molecule has 17 heavy (non-hydrogen) atoms. The highest BCUT2D eigenvalue weighted by Gasteiger charge is 2.30. The smallest absolute Gasteiger partial charge is 0.305 e. The maximum atomic E-state index is 11.7. The minimum absolute atomic E-state index is 0.00569. The van der Waals surface area contributed by atoms with Gasteiger partial charge in [-0.3, -0.25) is 9.59 Å². The van der Waals surface area contributed by atoms with E-state index in [0.717, 1.165) is 12.2 Å². The molecule has 4 nitrogen and oxygen atoms in total. The number of amides is 1. The maximum absolute atomic E-state index is 11.7. The summed E-state index contributed by atoms with van der Waals surface area (Å²) in [6.07, 6.45) is 4.60. The van der Waals surface area contributed by atoms with Crippen LogP contribution in [0.2, 0.25) is 0 Å². The molecule has 0 rings (SSSR count). The van der Waals surface area contributed by atoms with Gasteiger partial charge < -0.3 is 10.4 Å². The number of nitrogens with one attached hydrogen (secondary N) is 1. The van der Waals surface area contributed by atoms with Crippen molar-refractivity contribution in [2.24, 2.45) is 0 Å². The number of carbonyl (C=O) groups is 2. The lowest BCUT2D eigenvalue weighted by Gasteiger charge is -2.31. The molecule has 0 fully saturated rings. The molecule has 0 atom stereocenters. The summed E-state index contributed by atoms with van der Waals surface area (Å²) in [7, 11) is 0. The van der Waals surface area contributed by atoms with E-state index < -0.39 is 11.5 Å². The SMILES string of the molecule is CCC(CC)(CC(=O)O)NC(=O)CCCSC. The van der Waals surface area contributed by atoms with Crippen molar-refractivity contribution in [3.8, 4) is 0 Å². The predicted molar refractivity (Wildman–Crippen MR) is 71.3 cm³/mol. The molecular formula is C12H23NO3S. The van der Waals surface area contributed by atoms with Crippen molar-refractivity contribution in [2.75, 3.05) is 12.0 Å². The molecule has 0 aliphatic heterocycles. The van der Waals surface area contributed by atoms with Crippen LogP contribution in [0.4, 0.5) is 0 Å². The largest absolute Gasteiger partial charge is 0.481 e. The van der Waals surface area contributed by atoms with E-state index in [4.69, 9.17) is 5.11 Å². The molecule has 0 aliphatic carbocycles. The highest BCUT2D eigenvalue weighted by molar-refractivity contribution is 7.98. The number of thioether (sulfide) groups is 1. The van der Waals surface area contributed by atoms with Crippen molar-refractivity contribution in [1.29, 1.82) is 0 Å². The van der Waals surface area contributed by atoms with E-state index in [1.54, 1.807) is 11.8 Å². The summed E-state index contributed by atoms with van der Waals surface area (Å²) in [6.45, 7) is 3.82. The zero-order chi connectivity index (χ0) is 13.3. The average molecular weight is 261 g/mol. The van der Waals surface area contributed by atoms with Crippen LogP contribution in [0.15, 0.2) is 0 Å². The molecule has 0 saturated carbocycles. The molecule has 0 spiro atoms. The number of rotatable bonds is 9. The van der Waals surface area contributed by atoms with Crippen molar-refractivity contribution in [1.82, 2.24) is 5.32 Å². The fourth-order valence-corrected chi connectivity index (χ4v) is 2.18. The van der Waals surface area contributed by atoms with E-state index in [1.807, 2.05) is 20.1 Å². The molecule has 0 aromatic carbocycles. The molecule has 0 aromatic heterocycles. The molecular weight excluding hydrogens is 238 g/mol. The van der Waals surface area contributed by atoms with Gasteiger partial charge in [-0.05, 0) is 31.3 Å². The van der Waals surface area contributed by atoms with E-state index in [2.05, 4.69) is 5.32 Å². The zero-order valence-corrected chi connectivity index (χ0v) is 11.7. The second kappa shape index (κ2) is 8.39. The van der Waals surface area contributed by atoms with Gasteiger partial charge in [-0.1, -0.05) is 13.8 Å². The van der Waals surface area contributed by atoms with Gasteiger partial charge in [0.05, 0.1) is 6.42 Å². The minimum atomic E-state index is -0.863. The van der Waals surface area contributed by atoms with Gasteiger partial charge in [-0.2, -0.15) is 11.8 Å². The minimum Gasteiger partial charge on any atom is -0.481 e. The van der Waals surface area contributed by atoms with Crippen molar-refractivity contribution in [3.63, 3.8) is 0 Å². The van der Waals surface area contributed by atoms with Crippen molar-refractivity contribution >= 4 is 23.6 Å². The lowest BCUT2D eigenvalue weighted by molar-refractivity contribution is -0.139. The molecule has 1 amide bonds. The molecule has 100 valence electrons. The van der Waals surface area contributed by atoms with E-state index in [1.165, 1.54) is 0 Å². The lowest BCUT2D eigenvalue weighted by atomic mass is 9.88. The summed E-state index contributed by atoms with van der Waals surface area (Å²) >= 11 is 1.71. The number of carboxylic acids is 1. The topological polar surface area (TPSA) is 66.4 Å². The number of aliphatic carboxylic acids is 1.